The Morgan fingerprint density at radius 1 is 1.24 bits per heavy atom. The third-order valence-corrected chi connectivity index (χ3v) is 7.59. The van der Waals surface area contributed by atoms with E-state index in [-0.39, 0.29) is 22.9 Å². The van der Waals surface area contributed by atoms with E-state index in [1.54, 1.807) is 0 Å². The van der Waals surface area contributed by atoms with E-state index in [4.69, 9.17) is 9.47 Å². The number of rotatable bonds is 7. The van der Waals surface area contributed by atoms with Gasteiger partial charge in [0, 0.05) is 12.6 Å². The summed E-state index contributed by atoms with van der Waals surface area (Å²) in [6.07, 6.45) is -1.37. The summed E-state index contributed by atoms with van der Waals surface area (Å²) >= 11 is 0. The zero-order chi connectivity index (χ0) is 18.8. The van der Waals surface area contributed by atoms with Gasteiger partial charge in [0.1, 0.15) is 16.4 Å². The Morgan fingerprint density at radius 2 is 1.92 bits per heavy atom. The standard InChI is InChI=1S/C14H21NO8S2/c1-22-10-3-4-13(23-2)14(7-10)25(20,21)15(5-6-16)11-8-24(18,19)9-12(11)17/h3-4,7,11-12,16-17H,5-6,8-9H2,1-2H3/t11-,12-/m1/s1. The number of methoxy groups -OCH3 is 2. The van der Waals surface area contributed by atoms with Crippen molar-refractivity contribution in [2.24, 2.45) is 0 Å². The molecule has 0 bridgehead atoms. The topological polar surface area (TPSA) is 130 Å². The van der Waals surface area contributed by atoms with Crippen LogP contribution in [-0.2, 0) is 19.9 Å². The Balaban J connectivity index is 2.54. The summed E-state index contributed by atoms with van der Waals surface area (Å²) in [4.78, 5) is -0.237. The monoisotopic (exact) mass is 395 g/mol. The highest BCUT2D eigenvalue weighted by molar-refractivity contribution is 7.92. The highest BCUT2D eigenvalue weighted by atomic mass is 32.2. The van der Waals surface area contributed by atoms with Crippen LogP contribution in [0.25, 0.3) is 0 Å². The van der Waals surface area contributed by atoms with Crippen molar-refractivity contribution in [3.8, 4) is 11.5 Å². The van der Waals surface area contributed by atoms with Gasteiger partial charge in [-0.3, -0.25) is 0 Å². The quantitative estimate of drug-likeness (QED) is 0.591. The van der Waals surface area contributed by atoms with Crippen molar-refractivity contribution in [2.45, 2.75) is 17.0 Å². The first-order valence-electron chi connectivity index (χ1n) is 7.39. The van der Waals surface area contributed by atoms with Crippen molar-refractivity contribution >= 4 is 19.9 Å². The van der Waals surface area contributed by atoms with Crippen LogP contribution in [-0.4, -0.2) is 82.4 Å². The molecule has 142 valence electrons. The molecule has 2 rings (SSSR count). The second-order valence-corrected chi connectivity index (χ2v) is 9.58. The first kappa shape index (κ1) is 19.9. The predicted octanol–water partition coefficient (Wildman–Crippen LogP) is -1.16. The third-order valence-electron chi connectivity index (χ3n) is 3.94. The van der Waals surface area contributed by atoms with Gasteiger partial charge in [0.2, 0.25) is 10.0 Å². The van der Waals surface area contributed by atoms with Crippen molar-refractivity contribution < 1.29 is 36.5 Å². The molecule has 0 amide bonds. The Kier molecular flexibility index (Phi) is 5.94. The van der Waals surface area contributed by atoms with E-state index in [1.807, 2.05) is 0 Å². The van der Waals surface area contributed by atoms with Crippen molar-refractivity contribution in [1.82, 2.24) is 4.31 Å². The van der Waals surface area contributed by atoms with E-state index in [0.29, 0.717) is 0 Å². The summed E-state index contributed by atoms with van der Waals surface area (Å²) < 4.78 is 60.6. The lowest BCUT2D eigenvalue weighted by atomic mass is 10.2. The minimum Gasteiger partial charge on any atom is -0.497 e. The molecule has 25 heavy (non-hydrogen) atoms. The number of sulfone groups is 1. The van der Waals surface area contributed by atoms with Crippen LogP contribution in [0.3, 0.4) is 0 Å². The average molecular weight is 395 g/mol. The maximum atomic E-state index is 13.1. The lowest BCUT2D eigenvalue weighted by Gasteiger charge is -2.29. The van der Waals surface area contributed by atoms with Crippen LogP contribution in [0, 0.1) is 0 Å². The second-order valence-electron chi connectivity index (χ2n) is 5.57. The molecule has 1 saturated heterocycles. The molecule has 1 aliphatic heterocycles. The molecule has 1 aliphatic rings. The molecule has 1 aromatic rings. The number of ether oxygens (including phenoxy) is 2. The first-order valence-corrected chi connectivity index (χ1v) is 10.7. The van der Waals surface area contributed by atoms with Gasteiger partial charge in [-0.2, -0.15) is 4.31 Å². The van der Waals surface area contributed by atoms with E-state index in [1.165, 1.54) is 32.4 Å². The zero-order valence-electron chi connectivity index (χ0n) is 13.8. The fourth-order valence-electron chi connectivity index (χ4n) is 2.76. The summed E-state index contributed by atoms with van der Waals surface area (Å²) in [5.74, 6) is -0.730. The molecule has 1 fully saturated rings. The van der Waals surface area contributed by atoms with Crippen molar-refractivity contribution in [2.75, 3.05) is 38.9 Å². The third kappa shape index (κ3) is 4.06. The Morgan fingerprint density at radius 3 is 2.40 bits per heavy atom. The van der Waals surface area contributed by atoms with Gasteiger partial charge < -0.3 is 19.7 Å². The fraction of sp³-hybridized carbons (Fsp3) is 0.571. The summed E-state index contributed by atoms with van der Waals surface area (Å²) in [6, 6.07) is 2.99. The van der Waals surface area contributed by atoms with Crippen LogP contribution in [0.15, 0.2) is 23.1 Å². The number of sulfonamides is 1. The van der Waals surface area contributed by atoms with Gasteiger partial charge in [-0.1, -0.05) is 0 Å². The lowest BCUT2D eigenvalue weighted by molar-refractivity contribution is 0.117. The largest absolute Gasteiger partial charge is 0.497 e. The van der Waals surface area contributed by atoms with Crippen molar-refractivity contribution in [1.29, 1.82) is 0 Å². The molecule has 1 aromatic carbocycles. The maximum absolute atomic E-state index is 13.1. The normalized spacial score (nSPS) is 22.9. The molecule has 9 nitrogen and oxygen atoms in total. The highest BCUT2D eigenvalue weighted by Gasteiger charge is 2.45. The molecule has 0 aromatic heterocycles. The van der Waals surface area contributed by atoms with Crippen LogP contribution in [0.5, 0.6) is 11.5 Å². The highest BCUT2D eigenvalue weighted by Crippen LogP contribution is 2.33. The molecule has 0 aliphatic carbocycles. The van der Waals surface area contributed by atoms with E-state index in [0.717, 1.165) is 4.31 Å². The van der Waals surface area contributed by atoms with Crippen LogP contribution in [0.4, 0.5) is 0 Å². The number of benzene rings is 1. The Labute approximate surface area is 146 Å². The van der Waals surface area contributed by atoms with Gasteiger partial charge in [-0.25, -0.2) is 16.8 Å². The van der Waals surface area contributed by atoms with Crippen molar-refractivity contribution in [3.05, 3.63) is 18.2 Å². The summed E-state index contributed by atoms with van der Waals surface area (Å²) in [7, 11) is -5.16. The molecule has 0 spiro atoms. The van der Waals surface area contributed by atoms with Crippen LogP contribution >= 0.6 is 0 Å². The summed E-state index contributed by atoms with van der Waals surface area (Å²) in [5.41, 5.74) is 0. The Bertz CT molecular complexity index is 821. The number of hydrogen-bond acceptors (Lipinski definition) is 8. The van der Waals surface area contributed by atoms with E-state index in [9.17, 15) is 27.0 Å². The molecule has 2 atom stereocenters. The zero-order valence-corrected chi connectivity index (χ0v) is 15.5. The molecule has 11 heteroatoms. The maximum Gasteiger partial charge on any atom is 0.247 e. The molecule has 0 unspecified atom stereocenters. The van der Waals surface area contributed by atoms with E-state index >= 15 is 0 Å². The lowest BCUT2D eigenvalue weighted by Crippen LogP contribution is -2.47. The van der Waals surface area contributed by atoms with Gasteiger partial charge in [0.05, 0.1) is 44.5 Å². The molecule has 2 N–H and O–H groups in total. The van der Waals surface area contributed by atoms with Crippen molar-refractivity contribution in [3.63, 3.8) is 0 Å². The van der Waals surface area contributed by atoms with E-state index < -0.39 is 50.1 Å². The Hall–Kier alpha value is -1.40. The van der Waals surface area contributed by atoms with Gasteiger partial charge in [-0.15, -0.1) is 0 Å². The first-order chi connectivity index (χ1) is 11.7. The SMILES string of the molecule is COc1ccc(OC)c(S(=O)(=O)N(CCO)[C@@H]2CS(=O)(=O)C[C@H]2O)c1. The number of hydrogen-bond donors (Lipinski definition) is 2. The molecule has 0 radical (unpaired) electrons. The fourth-order valence-corrected chi connectivity index (χ4v) is 6.47. The van der Waals surface area contributed by atoms with Crippen LogP contribution < -0.4 is 9.47 Å². The number of nitrogens with zero attached hydrogens (tertiary/aromatic N) is 1. The van der Waals surface area contributed by atoms with E-state index in [2.05, 4.69) is 0 Å². The summed E-state index contributed by atoms with van der Waals surface area (Å²) in [5, 5.41) is 19.3. The minimum atomic E-state index is -4.26. The van der Waals surface area contributed by atoms with Gasteiger partial charge in [0.15, 0.2) is 9.84 Å². The predicted molar refractivity (Wildman–Crippen MR) is 89.0 cm³/mol. The summed E-state index contributed by atoms with van der Waals surface area (Å²) in [6.45, 7) is -0.894. The van der Waals surface area contributed by atoms with Gasteiger partial charge in [0.25, 0.3) is 0 Å². The van der Waals surface area contributed by atoms with Crippen LogP contribution in [0.1, 0.15) is 0 Å². The minimum absolute atomic E-state index is 0.0408. The van der Waals surface area contributed by atoms with Gasteiger partial charge >= 0.3 is 0 Å². The second kappa shape index (κ2) is 7.46. The smallest absolute Gasteiger partial charge is 0.247 e. The molecular formula is C14H21NO8S2. The number of aliphatic hydroxyl groups excluding tert-OH is 2. The molecule has 1 heterocycles. The van der Waals surface area contributed by atoms with Gasteiger partial charge in [-0.05, 0) is 12.1 Å². The average Bonchev–Trinajstić information content (AvgIpc) is 2.84. The van der Waals surface area contributed by atoms with Crippen LogP contribution in [0.2, 0.25) is 0 Å². The molecule has 0 saturated carbocycles. The molecular weight excluding hydrogens is 374 g/mol. The number of aliphatic hydroxyl groups is 2.